The molecule has 0 saturated carbocycles. The minimum absolute atomic E-state index is 0. The Balaban J connectivity index is 0. The van der Waals surface area contributed by atoms with Crippen LogP contribution in [0, 0.1) is 5.92 Å². The Labute approximate surface area is 195 Å². The van der Waals surface area contributed by atoms with Crippen LogP contribution in [0.25, 0.3) is 0 Å². The molecule has 0 spiro atoms. The van der Waals surface area contributed by atoms with Gasteiger partial charge in [0.1, 0.15) is 0 Å². The molecule has 0 radical (unpaired) electrons. The summed E-state index contributed by atoms with van der Waals surface area (Å²) in [5.74, 6) is -1.55. The zero-order valence-electron chi connectivity index (χ0n) is 18.9. The Morgan fingerprint density at radius 1 is 0.821 bits per heavy atom. The third-order valence-corrected chi connectivity index (χ3v) is 4.90. The molecule has 1 atom stereocenters. The SMILES string of the molecule is CCCCCCCC/C=C\CCCCCCCC(=O)N[C@H](C(=O)[O-])C(C)C.[Na+]. The molecule has 0 unspecified atom stereocenters. The van der Waals surface area contributed by atoms with Crippen molar-refractivity contribution in [2.75, 3.05) is 0 Å². The standard InChI is InChI=1S/C23H43NO3.Na/c1-4-5-6-7-8-9-10-11-12-13-14-15-16-17-18-19-21(25)24-22(20(2)3)23(26)27;/h11-12,20,22H,4-10,13-19H2,1-3H3,(H,24,25)(H,26,27);/q;+1/p-1/b12-11-;/t22-;/m0./s1. The molecular weight excluding hydrogens is 361 g/mol. The number of unbranched alkanes of at least 4 members (excludes halogenated alkanes) is 11. The van der Waals surface area contributed by atoms with E-state index in [2.05, 4.69) is 24.4 Å². The van der Waals surface area contributed by atoms with Crippen molar-refractivity contribution in [1.29, 1.82) is 0 Å². The average Bonchev–Trinajstić information content (AvgIpc) is 2.62. The van der Waals surface area contributed by atoms with Crippen molar-refractivity contribution in [2.45, 2.75) is 117 Å². The van der Waals surface area contributed by atoms with Crippen LogP contribution < -0.4 is 40.0 Å². The number of amides is 1. The van der Waals surface area contributed by atoms with E-state index < -0.39 is 12.0 Å². The second-order valence-corrected chi connectivity index (χ2v) is 7.94. The topological polar surface area (TPSA) is 69.2 Å². The zero-order valence-corrected chi connectivity index (χ0v) is 20.9. The number of carboxylic acids is 1. The van der Waals surface area contributed by atoms with Gasteiger partial charge in [0, 0.05) is 6.42 Å². The molecule has 158 valence electrons. The zero-order chi connectivity index (χ0) is 20.3. The quantitative estimate of drug-likeness (QED) is 0.216. The van der Waals surface area contributed by atoms with Crippen LogP contribution in [0.2, 0.25) is 0 Å². The normalized spacial score (nSPS) is 12.1. The minimum atomic E-state index is -1.21. The molecule has 0 aromatic heterocycles. The number of allylic oxidation sites excluding steroid dienone is 2. The van der Waals surface area contributed by atoms with Gasteiger partial charge in [-0.2, -0.15) is 0 Å². The van der Waals surface area contributed by atoms with Crippen molar-refractivity contribution in [2.24, 2.45) is 5.92 Å². The summed E-state index contributed by atoms with van der Waals surface area (Å²) in [5, 5.41) is 13.5. The number of hydrogen-bond acceptors (Lipinski definition) is 3. The summed E-state index contributed by atoms with van der Waals surface area (Å²) < 4.78 is 0. The molecule has 0 saturated heterocycles. The first kappa shape index (κ1) is 29.9. The van der Waals surface area contributed by atoms with E-state index in [1.165, 1.54) is 57.8 Å². The molecule has 0 aliphatic rings. The maximum Gasteiger partial charge on any atom is 1.00 e. The molecule has 1 amide bonds. The first-order valence-corrected chi connectivity index (χ1v) is 11.1. The molecule has 4 nitrogen and oxygen atoms in total. The Morgan fingerprint density at radius 3 is 1.75 bits per heavy atom. The van der Waals surface area contributed by atoms with Gasteiger partial charge in [0.15, 0.2) is 0 Å². The maximum absolute atomic E-state index is 11.8. The number of carbonyl (C=O) groups is 2. The molecule has 28 heavy (non-hydrogen) atoms. The van der Waals surface area contributed by atoms with Crippen molar-refractivity contribution in [3.8, 4) is 0 Å². The van der Waals surface area contributed by atoms with E-state index in [1.807, 2.05) is 0 Å². The average molecular weight is 404 g/mol. The van der Waals surface area contributed by atoms with Crippen molar-refractivity contribution < 1.29 is 44.3 Å². The second kappa shape index (κ2) is 21.4. The predicted molar refractivity (Wildman–Crippen MR) is 111 cm³/mol. The molecule has 0 rings (SSSR count). The monoisotopic (exact) mass is 403 g/mol. The fraction of sp³-hybridized carbons (Fsp3) is 0.826. The molecule has 0 heterocycles. The number of carboxylic acid groups (broad SMARTS) is 1. The fourth-order valence-electron chi connectivity index (χ4n) is 3.10. The van der Waals surface area contributed by atoms with Crippen molar-refractivity contribution in [1.82, 2.24) is 5.32 Å². The van der Waals surface area contributed by atoms with E-state index >= 15 is 0 Å². The van der Waals surface area contributed by atoms with Crippen LogP contribution in [0.1, 0.15) is 111 Å². The van der Waals surface area contributed by atoms with E-state index in [0.29, 0.717) is 6.42 Å². The van der Waals surface area contributed by atoms with Gasteiger partial charge < -0.3 is 15.2 Å². The van der Waals surface area contributed by atoms with Crippen molar-refractivity contribution in [3.05, 3.63) is 12.2 Å². The Morgan fingerprint density at radius 2 is 1.29 bits per heavy atom. The van der Waals surface area contributed by atoms with Gasteiger partial charge in [0.05, 0.1) is 12.0 Å². The van der Waals surface area contributed by atoms with Crippen LogP contribution in [0.3, 0.4) is 0 Å². The number of aliphatic carboxylic acids is 1. The van der Waals surface area contributed by atoms with Crippen LogP contribution in [-0.4, -0.2) is 17.9 Å². The Hall–Kier alpha value is -0.320. The fourth-order valence-corrected chi connectivity index (χ4v) is 3.10. The van der Waals surface area contributed by atoms with Crippen LogP contribution in [0.5, 0.6) is 0 Å². The van der Waals surface area contributed by atoms with E-state index in [-0.39, 0.29) is 41.4 Å². The predicted octanol–water partition coefficient (Wildman–Crippen LogP) is 1.92. The third-order valence-electron chi connectivity index (χ3n) is 4.90. The number of rotatable bonds is 18. The van der Waals surface area contributed by atoms with Crippen LogP contribution in [0.15, 0.2) is 12.2 Å². The first-order valence-electron chi connectivity index (χ1n) is 11.1. The van der Waals surface area contributed by atoms with Gasteiger partial charge in [0.2, 0.25) is 5.91 Å². The van der Waals surface area contributed by atoms with Crippen LogP contribution >= 0.6 is 0 Å². The van der Waals surface area contributed by atoms with Gasteiger partial charge in [-0.1, -0.05) is 84.3 Å². The third kappa shape index (κ3) is 19.0. The number of nitrogens with one attached hydrogen (secondary N) is 1. The molecule has 5 heteroatoms. The Bertz CT molecular complexity index is 411. The molecule has 0 fully saturated rings. The van der Waals surface area contributed by atoms with Gasteiger partial charge in [-0.25, -0.2) is 0 Å². The minimum Gasteiger partial charge on any atom is -0.548 e. The van der Waals surface area contributed by atoms with Gasteiger partial charge in [-0.05, 0) is 38.0 Å². The summed E-state index contributed by atoms with van der Waals surface area (Å²) in [7, 11) is 0. The molecule has 0 aliphatic heterocycles. The molecule has 0 aromatic carbocycles. The number of hydrogen-bond donors (Lipinski definition) is 1. The van der Waals surface area contributed by atoms with E-state index in [9.17, 15) is 14.7 Å². The molecular formula is C23H42NNaO3. The van der Waals surface area contributed by atoms with Crippen molar-refractivity contribution in [3.63, 3.8) is 0 Å². The maximum atomic E-state index is 11.8. The molecule has 0 aliphatic carbocycles. The van der Waals surface area contributed by atoms with Crippen LogP contribution in [-0.2, 0) is 9.59 Å². The summed E-state index contributed by atoms with van der Waals surface area (Å²) in [5.41, 5.74) is 0. The molecule has 1 N–H and O–H groups in total. The van der Waals surface area contributed by atoms with Crippen LogP contribution in [0.4, 0.5) is 0 Å². The molecule has 0 bridgehead atoms. The first-order chi connectivity index (χ1) is 13.0. The largest absolute Gasteiger partial charge is 1.00 e. The van der Waals surface area contributed by atoms with Gasteiger partial charge in [0.25, 0.3) is 0 Å². The summed E-state index contributed by atoms with van der Waals surface area (Å²) in [4.78, 5) is 22.7. The summed E-state index contributed by atoms with van der Waals surface area (Å²) >= 11 is 0. The number of carbonyl (C=O) groups excluding carboxylic acids is 2. The van der Waals surface area contributed by atoms with E-state index in [1.54, 1.807) is 13.8 Å². The van der Waals surface area contributed by atoms with E-state index in [0.717, 1.165) is 25.7 Å². The van der Waals surface area contributed by atoms with Crippen molar-refractivity contribution >= 4 is 11.9 Å². The summed E-state index contributed by atoms with van der Waals surface area (Å²) in [6.07, 6.45) is 20.9. The van der Waals surface area contributed by atoms with Gasteiger partial charge in [-0.3, -0.25) is 4.79 Å². The summed E-state index contributed by atoms with van der Waals surface area (Å²) in [6.45, 7) is 5.79. The smallest absolute Gasteiger partial charge is 0.548 e. The second-order valence-electron chi connectivity index (χ2n) is 7.94. The van der Waals surface area contributed by atoms with Gasteiger partial charge >= 0.3 is 29.6 Å². The summed E-state index contributed by atoms with van der Waals surface area (Å²) in [6, 6.07) is -0.888. The molecule has 0 aromatic rings. The van der Waals surface area contributed by atoms with E-state index in [4.69, 9.17) is 0 Å². The van der Waals surface area contributed by atoms with Gasteiger partial charge in [-0.15, -0.1) is 0 Å². The Kier molecular flexibility index (Phi) is 22.8.